The summed E-state index contributed by atoms with van der Waals surface area (Å²) < 4.78 is 4.90. The fraction of sp³-hybridized carbons (Fsp3) is 0.133. The number of hydrogen-bond acceptors (Lipinski definition) is 7. The largest absolute Gasteiger partial charge is 0.454 e. The minimum absolute atomic E-state index is 0.213. The summed E-state index contributed by atoms with van der Waals surface area (Å²) >= 11 is 1.52. The zero-order valence-electron chi connectivity index (χ0n) is 12.5. The summed E-state index contributed by atoms with van der Waals surface area (Å²) in [6.45, 7) is -0.588. The van der Waals surface area contributed by atoms with Crippen molar-refractivity contribution in [1.29, 1.82) is 0 Å². The number of anilines is 1. The number of carbonyl (C=O) groups is 2. The average molecular weight is 343 g/mol. The van der Waals surface area contributed by atoms with Crippen LogP contribution in [-0.4, -0.2) is 38.7 Å². The van der Waals surface area contributed by atoms with Gasteiger partial charge in [0.05, 0.1) is 0 Å². The van der Waals surface area contributed by atoms with Gasteiger partial charge in [0.2, 0.25) is 5.82 Å². The molecular formula is C15H13N5O3S. The highest BCUT2D eigenvalue weighted by Crippen LogP contribution is 2.16. The third-order valence-corrected chi connectivity index (χ3v) is 3.61. The van der Waals surface area contributed by atoms with E-state index >= 15 is 0 Å². The van der Waals surface area contributed by atoms with Crippen molar-refractivity contribution >= 4 is 28.9 Å². The molecule has 0 bridgehead atoms. The van der Waals surface area contributed by atoms with Crippen LogP contribution in [-0.2, 0) is 20.9 Å². The Bertz CT molecular complexity index is 817. The molecule has 1 N–H and O–H groups in total. The number of esters is 1. The van der Waals surface area contributed by atoms with Crippen LogP contribution in [0.15, 0.2) is 47.2 Å². The maximum atomic E-state index is 11.7. The predicted molar refractivity (Wildman–Crippen MR) is 87.2 cm³/mol. The van der Waals surface area contributed by atoms with Crippen LogP contribution in [0.1, 0.15) is 0 Å². The van der Waals surface area contributed by atoms with Gasteiger partial charge in [0.15, 0.2) is 13.2 Å². The molecule has 3 aromatic rings. The molecule has 0 aliphatic carbocycles. The van der Waals surface area contributed by atoms with E-state index < -0.39 is 11.9 Å². The number of para-hydroxylation sites is 1. The fourth-order valence-corrected chi connectivity index (χ4v) is 2.48. The number of ether oxygens (including phenoxy) is 1. The molecule has 1 aromatic carbocycles. The molecule has 0 spiro atoms. The number of nitrogens with one attached hydrogen (secondary N) is 1. The van der Waals surface area contributed by atoms with E-state index in [4.69, 9.17) is 4.74 Å². The van der Waals surface area contributed by atoms with Crippen LogP contribution < -0.4 is 5.32 Å². The van der Waals surface area contributed by atoms with Crippen LogP contribution in [0, 0.1) is 0 Å². The number of hydrogen-bond donors (Lipinski definition) is 1. The van der Waals surface area contributed by atoms with Crippen molar-refractivity contribution < 1.29 is 14.3 Å². The SMILES string of the molecule is O=C(COC(=O)Cn1nnc(-c2ccsc2)n1)Nc1ccccc1. The van der Waals surface area contributed by atoms with Gasteiger partial charge in [-0.05, 0) is 28.8 Å². The third-order valence-electron chi connectivity index (χ3n) is 2.92. The first-order valence-corrected chi connectivity index (χ1v) is 7.96. The Labute approximate surface area is 141 Å². The Balaban J connectivity index is 1.47. The Hall–Kier alpha value is -3.07. The molecule has 0 saturated heterocycles. The molecule has 24 heavy (non-hydrogen) atoms. The van der Waals surface area contributed by atoms with Crippen molar-refractivity contribution in [3.8, 4) is 11.4 Å². The third kappa shape index (κ3) is 4.23. The lowest BCUT2D eigenvalue weighted by Gasteiger charge is -2.05. The van der Waals surface area contributed by atoms with Gasteiger partial charge in [-0.1, -0.05) is 18.2 Å². The van der Waals surface area contributed by atoms with E-state index in [9.17, 15) is 9.59 Å². The molecule has 0 aliphatic heterocycles. The van der Waals surface area contributed by atoms with E-state index in [0.717, 1.165) is 10.4 Å². The number of rotatable bonds is 6. The van der Waals surface area contributed by atoms with E-state index in [-0.39, 0.29) is 13.2 Å². The number of nitrogens with zero attached hydrogens (tertiary/aromatic N) is 4. The lowest BCUT2D eigenvalue weighted by atomic mass is 10.3. The first-order valence-electron chi connectivity index (χ1n) is 7.01. The highest BCUT2D eigenvalue weighted by atomic mass is 32.1. The lowest BCUT2D eigenvalue weighted by molar-refractivity contribution is -0.148. The molecule has 0 fully saturated rings. The van der Waals surface area contributed by atoms with Crippen LogP contribution in [0.2, 0.25) is 0 Å². The minimum Gasteiger partial charge on any atom is -0.454 e. The van der Waals surface area contributed by atoms with Gasteiger partial charge in [-0.25, -0.2) is 4.79 Å². The fourth-order valence-electron chi connectivity index (χ4n) is 1.84. The molecule has 0 radical (unpaired) electrons. The van der Waals surface area contributed by atoms with Crippen molar-refractivity contribution in [2.24, 2.45) is 0 Å². The Kier molecular flexibility index (Phi) is 4.92. The molecule has 9 heteroatoms. The summed E-state index contributed by atoms with van der Waals surface area (Å²) in [4.78, 5) is 24.6. The number of amides is 1. The molecule has 2 aromatic heterocycles. The maximum Gasteiger partial charge on any atom is 0.330 e. The molecule has 3 rings (SSSR count). The van der Waals surface area contributed by atoms with Gasteiger partial charge in [0, 0.05) is 16.6 Å². The molecule has 8 nitrogen and oxygen atoms in total. The van der Waals surface area contributed by atoms with Gasteiger partial charge in [0.25, 0.3) is 5.91 Å². The van der Waals surface area contributed by atoms with Gasteiger partial charge in [-0.15, -0.1) is 10.2 Å². The average Bonchev–Trinajstić information content (AvgIpc) is 3.25. The van der Waals surface area contributed by atoms with Crippen molar-refractivity contribution in [2.45, 2.75) is 6.54 Å². The summed E-state index contributed by atoms with van der Waals surface area (Å²) in [5.41, 5.74) is 1.47. The maximum absolute atomic E-state index is 11.7. The van der Waals surface area contributed by atoms with Crippen LogP contribution in [0.5, 0.6) is 0 Å². The Morgan fingerprint density at radius 3 is 2.79 bits per heavy atom. The zero-order valence-corrected chi connectivity index (χ0v) is 13.3. The monoisotopic (exact) mass is 343 g/mol. The number of tetrazole rings is 1. The smallest absolute Gasteiger partial charge is 0.330 e. The number of thiophene rings is 1. The van der Waals surface area contributed by atoms with E-state index in [1.807, 2.05) is 22.9 Å². The molecule has 0 aliphatic rings. The zero-order chi connectivity index (χ0) is 16.8. The second-order valence-electron chi connectivity index (χ2n) is 4.73. The van der Waals surface area contributed by atoms with Gasteiger partial charge < -0.3 is 10.1 Å². The first kappa shape index (κ1) is 15.8. The van der Waals surface area contributed by atoms with Gasteiger partial charge in [-0.2, -0.15) is 16.1 Å². The second kappa shape index (κ2) is 7.47. The second-order valence-corrected chi connectivity index (χ2v) is 5.51. The molecule has 1 amide bonds. The highest BCUT2D eigenvalue weighted by Gasteiger charge is 2.12. The van der Waals surface area contributed by atoms with Crippen LogP contribution in [0.25, 0.3) is 11.4 Å². The molecule has 0 saturated carbocycles. The summed E-state index contributed by atoms with van der Waals surface area (Å²) in [6.07, 6.45) is 0. The molecule has 122 valence electrons. The van der Waals surface area contributed by atoms with E-state index in [0.29, 0.717) is 11.5 Å². The number of carbonyl (C=O) groups excluding carboxylic acids is 2. The highest BCUT2D eigenvalue weighted by molar-refractivity contribution is 7.08. The topological polar surface area (TPSA) is 99.0 Å². The van der Waals surface area contributed by atoms with Crippen molar-refractivity contribution in [2.75, 3.05) is 11.9 Å². The van der Waals surface area contributed by atoms with Crippen molar-refractivity contribution in [3.05, 3.63) is 47.2 Å². The molecule has 0 atom stereocenters. The predicted octanol–water partition coefficient (Wildman–Crippen LogP) is 1.58. The van der Waals surface area contributed by atoms with Gasteiger partial charge in [-0.3, -0.25) is 4.79 Å². The number of benzene rings is 1. The summed E-state index contributed by atoms with van der Waals surface area (Å²) in [7, 11) is 0. The Morgan fingerprint density at radius 2 is 2.04 bits per heavy atom. The quantitative estimate of drug-likeness (QED) is 0.682. The van der Waals surface area contributed by atoms with Crippen molar-refractivity contribution in [1.82, 2.24) is 20.2 Å². The van der Waals surface area contributed by atoms with Crippen LogP contribution in [0.4, 0.5) is 5.69 Å². The van der Waals surface area contributed by atoms with Crippen LogP contribution >= 0.6 is 11.3 Å². The van der Waals surface area contributed by atoms with Gasteiger partial charge in [0.1, 0.15) is 0 Å². The van der Waals surface area contributed by atoms with Gasteiger partial charge >= 0.3 is 5.97 Å². The summed E-state index contributed by atoms with van der Waals surface area (Å²) in [6, 6.07) is 10.8. The molecule has 2 heterocycles. The lowest BCUT2D eigenvalue weighted by Crippen LogP contribution is -2.23. The molecule has 0 unspecified atom stereocenters. The summed E-state index contributed by atoms with van der Waals surface area (Å²) in [5, 5.41) is 18.1. The summed E-state index contributed by atoms with van der Waals surface area (Å²) in [5.74, 6) is -0.599. The van der Waals surface area contributed by atoms with E-state index in [1.54, 1.807) is 24.3 Å². The normalized spacial score (nSPS) is 10.3. The standard InChI is InChI=1S/C15H13N5O3S/c21-13(16-12-4-2-1-3-5-12)9-23-14(22)8-20-18-15(17-19-20)11-6-7-24-10-11/h1-7,10H,8-9H2,(H,16,21). The molecular weight excluding hydrogens is 330 g/mol. The number of aromatic nitrogens is 4. The first-order chi connectivity index (χ1) is 11.7. The van der Waals surface area contributed by atoms with Crippen LogP contribution in [0.3, 0.4) is 0 Å². The Morgan fingerprint density at radius 1 is 1.21 bits per heavy atom. The minimum atomic E-state index is -0.618. The van der Waals surface area contributed by atoms with E-state index in [1.165, 1.54) is 11.3 Å². The van der Waals surface area contributed by atoms with E-state index in [2.05, 4.69) is 20.7 Å². The van der Waals surface area contributed by atoms with Crippen molar-refractivity contribution in [3.63, 3.8) is 0 Å².